The molecule has 2 aromatic rings. The average molecular weight is 403 g/mol. The molecule has 2 rings (SSSR count). The van der Waals surface area contributed by atoms with E-state index in [1.54, 1.807) is 13.3 Å². The maximum absolute atomic E-state index is 12.4. The van der Waals surface area contributed by atoms with Gasteiger partial charge >= 0.3 is 0 Å². The van der Waals surface area contributed by atoms with Crippen LogP contribution in [0.15, 0.2) is 30.5 Å². The lowest BCUT2D eigenvalue weighted by atomic mass is 10.2. The summed E-state index contributed by atoms with van der Waals surface area (Å²) in [6.45, 7) is 7.42. The largest absolute Gasteiger partial charge is 0.383 e. The normalized spacial score (nSPS) is 9.96. The fraction of sp³-hybridized carbons (Fsp3) is 0.444. The van der Waals surface area contributed by atoms with E-state index in [0.717, 1.165) is 35.7 Å². The molecule has 0 unspecified atom stereocenters. The lowest BCUT2D eigenvalue weighted by Crippen LogP contribution is -2.33. The van der Waals surface area contributed by atoms with Crippen LogP contribution in [0, 0.1) is 13.8 Å². The van der Waals surface area contributed by atoms with Gasteiger partial charge in [-0.05, 0) is 32.0 Å². The number of hydrogen-bond donors (Lipinski definition) is 2. The van der Waals surface area contributed by atoms with Crippen LogP contribution in [0.4, 0.5) is 0 Å². The molecule has 26 heavy (non-hydrogen) atoms. The zero-order chi connectivity index (χ0) is 17.4. The van der Waals surface area contributed by atoms with Crippen molar-refractivity contribution in [2.45, 2.75) is 20.4 Å². The van der Waals surface area contributed by atoms with Gasteiger partial charge in [-0.15, -0.1) is 24.8 Å². The van der Waals surface area contributed by atoms with Crippen LogP contribution in [0.3, 0.4) is 0 Å². The Bertz CT molecular complexity index is 663. The standard InChI is InChI=1S/C18H26N4O2.2ClH/c1-14-12-17(18(23)21-9-8-19-10-11-24-3)15(2)22(14)13-16-6-4-5-7-20-16;;/h4-7,12,19H,8-11,13H2,1-3H3,(H,21,23);2*1H. The van der Waals surface area contributed by atoms with Gasteiger partial charge < -0.3 is 19.9 Å². The molecule has 0 aliphatic heterocycles. The van der Waals surface area contributed by atoms with Crippen molar-refractivity contribution in [3.8, 4) is 0 Å². The minimum atomic E-state index is -0.0380. The Morgan fingerprint density at radius 1 is 1.19 bits per heavy atom. The molecule has 0 spiro atoms. The van der Waals surface area contributed by atoms with Gasteiger partial charge in [0.2, 0.25) is 0 Å². The fourth-order valence-corrected chi connectivity index (χ4v) is 2.59. The smallest absolute Gasteiger partial charge is 0.253 e. The number of hydrogen-bond acceptors (Lipinski definition) is 4. The molecule has 0 aliphatic carbocycles. The highest BCUT2D eigenvalue weighted by atomic mass is 35.5. The lowest BCUT2D eigenvalue weighted by molar-refractivity contribution is 0.0953. The van der Waals surface area contributed by atoms with Gasteiger partial charge in [0, 0.05) is 44.3 Å². The van der Waals surface area contributed by atoms with E-state index in [0.29, 0.717) is 19.7 Å². The Morgan fingerprint density at radius 2 is 1.96 bits per heavy atom. The number of ether oxygens (including phenoxy) is 1. The third-order valence-corrected chi connectivity index (χ3v) is 3.93. The molecule has 0 bridgehead atoms. The monoisotopic (exact) mass is 402 g/mol. The van der Waals surface area contributed by atoms with E-state index in [2.05, 4.69) is 20.2 Å². The van der Waals surface area contributed by atoms with Crippen molar-refractivity contribution in [1.82, 2.24) is 20.2 Å². The third-order valence-electron chi connectivity index (χ3n) is 3.93. The van der Waals surface area contributed by atoms with Crippen LogP contribution in [-0.4, -0.2) is 48.8 Å². The molecule has 0 radical (unpaired) electrons. The first kappa shape index (κ1) is 24.4. The molecule has 0 aliphatic rings. The number of pyridine rings is 1. The van der Waals surface area contributed by atoms with Gasteiger partial charge in [-0.3, -0.25) is 9.78 Å². The predicted molar refractivity (Wildman–Crippen MR) is 109 cm³/mol. The number of halogens is 2. The number of carbonyl (C=O) groups excluding carboxylic acids is 1. The van der Waals surface area contributed by atoms with Crippen molar-refractivity contribution in [3.63, 3.8) is 0 Å². The van der Waals surface area contributed by atoms with E-state index in [-0.39, 0.29) is 30.7 Å². The minimum absolute atomic E-state index is 0. The first-order chi connectivity index (χ1) is 11.6. The topological polar surface area (TPSA) is 68.2 Å². The Balaban J connectivity index is 0.00000312. The Labute approximate surface area is 167 Å². The van der Waals surface area contributed by atoms with Gasteiger partial charge in [0.1, 0.15) is 0 Å². The summed E-state index contributed by atoms with van der Waals surface area (Å²) < 4.78 is 7.08. The van der Waals surface area contributed by atoms with Crippen LogP contribution >= 0.6 is 24.8 Å². The predicted octanol–water partition coefficient (Wildman–Crippen LogP) is 2.36. The molecule has 0 fully saturated rings. The first-order valence-corrected chi connectivity index (χ1v) is 8.18. The molecule has 2 N–H and O–H groups in total. The first-order valence-electron chi connectivity index (χ1n) is 8.18. The van der Waals surface area contributed by atoms with Crippen molar-refractivity contribution in [2.75, 3.05) is 33.4 Å². The van der Waals surface area contributed by atoms with Crippen LogP contribution in [0.1, 0.15) is 27.4 Å². The maximum atomic E-state index is 12.4. The van der Waals surface area contributed by atoms with Crippen LogP contribution in [0.2, 0.25) is 0 Å². The quantitative estimate of drug-likeness (QED) is 0.631. The van der Waals surface area contributed by atoms with E-state index in [1.807, 2.05) is 38.1 Å². The van der Waals surface area contributed by atoms with Crippen molar-refractivity contribution in [2.24, 2.45) is 0 Å². The highest BCUT2D eigenvalue weighted by Gasteiger charge is 2.15. The highest BCUT2D eigenvalue weighted by Crippen LogP contribution is 2.16. The van der Waals surface area contributed by atoms with Crippen LogP contribution < -0.4 is 10.6 Å². The third kappa shape index (κ3) is 6.96. The number of nitrogens with one attached hydrogen (secondary N) is 2. The van der Waals surface area contributed by atoms with Gasteiger partial charge in [-0.1, -0.05) is 6.07 Å². The molecular formula is C18H28Cl2N4O2. The fourth-order valence-electron chi connectivity index (χ4n) is 2.59. The maximum Gasteiger partial charge on any atom is 0.253 e. The number of methoxy groups -OCH3 is 1. The van der Waals surface area contributed by atoms with Crippen LogP contribution in [0.25, 0.3) is 0 Å². The van der Waals surface area contributed by atoms with E-state index in [9.17, 15) is 4.79 Å². The summed E-state index contributed by atoms with van der Waals surface area (Å²) in [5.41, 5.74) is 3.72. The van der Waals surface area contributed by atoms with Crippen molar-refractivity contribution < 1.29 is 9.53 Å². The van der Waals surface area contributed by atoms with E-state index >= 15 is 0 Å². The molecule has 2 heterocycles. The summed E-state index contributed by atoms with van der Waals surface area (Å²) in [7, 11) is 1.67. The number of aromatic nitrogens is 2. The highest BCUT2D eigenvalue weighted by molar-refractivity contribution is 5.95. The number of carbonyl (C=O) groups is 1. The minimum Gasteiger partial charge on any atom is -0.383 e. The van der Waals surface area contributed by atoms with E-state index in [1.165, 1.54) is 0 Å². The Morgan fingerprint density at radius 3 is 2.62 bits per heavy atom. The second-order valence-corrected chi connectivity index (χ2v) is 5.69. The summed E-state index contributed by atoms with van der Waals surface area (Å²) in [5.74, 6) is -0.0380. The summed E-state index contributed by atoms with van der Waals surface area (Å²) in [5, 5.41) is 6.15. The number of aryl methyl sites for hydroxylation is 1. The number of rotatable bonds is 9. The number of nitrogens with zero attached hydrogens (tertiary/aromatic N) is 2. The second-order valence-electron chi connectivity index (χ2n) is 5.69. The van der Waals surface area contributed by atoms with Crippen LogP contribution in [0.5, 0.6) is 0 Å². The Kier molecular flexibility index (Phi) is 11.9. The van der Waals surface area contributed by atoms with Gasteiger partial charge in [0.05, 0.1) is 24.4 Å². The van der Waals surface area contributed by atoms with Gasteiger partial charge in [-0.2, -0.15) is 0 Å². The molecule has 6 nitrogen and oxygen atoms in total. The van der Waals surface area contributed by atoms with Gasteiger partial charge in [0.15, 0.2) is 0 Å². The molecule has 146 valence electrons. The Hall–Kier alpha value is -1.60. The van der Waals surface area contributed by atoms with Crippen molar-refractivity contribution in [1.29, 1.82) is 0 Å². The summed E-state index contributed by atoms with van der Waals surface area (Å²) in [6.07, 6.45) is 1.79. The molecule has 0 atom stereocenters. The van der Waals surface area contributed by atoms with Crippen molar-refractivity contribution >= 4 is 30.7 Å². The van der Waals surface area contributed by atoms with Crippen molar-refractivity contribution in [3.05, 3.63) is 53.1 Å². The zero-order valence-corrected chi connectivity index (χ0v) is 17.1. The van der Waals surface area contributed by atoms with Gasteiger partial charge in [0.25, 0.3) is 5.91 Å². The lowest BCUT2D eigenvalue weighted by Gasteiger charge is -2.10. The SMILES string of the molecule is COCCNCCNC(=O)c1cc(C)n(Cc2ccccn2)c1C.Cl.Cl. The molecule has 1 amide bonds. The molecule has 0 saturated heterocycles. The van der Waals surface area contributed by atoms with E-state index < -0.39 is 0 Å². The zero-order valence-electron chi connectivity index (χ0n) is 15.4. The molecule has 0 saturated carbocycles. The van der Waals surface area contributed by atoms with E-state index in [4.69, 9.17) is 4.74 Å². The molecular weight excluding hydrogens is 375 g/mol. The molecule has 2 aromatic heterocycles. The molecule has 8 heteroatoms. The van der Waals surface area contributed by atoms with Crippen LogP contribution in [-0.2, 0) is 11.3 Å². The summed E-state index contributed by atoms with van der Waals surface area (Å²) >= 11 is 0. The summed E-state index contributed by atoms with van der Waals surface area (Å²) in [6, 6.07) is 7.80. The van der Waals surface area contributed by atoms with Gasteiger partial charge in [-0.25, -0.2) is 0 Å². The second kappa shape index (κ2) is 12.7. The summed E-state index contributed by atoms with van der Waals surface area (Å²) in [4.78, 5) is 16.7. The average Bonchev–Trinajstić information content (AvgIpc) is 2.87. The number of amides is 1. The molecule has 0 aromatic carbocycles.